The summed E-state index contributed by atoms with van der Waals surface area (Å²) in [6, 6.07) is 3.62. The summed E-state index contributed by atoms with van der Waals surface area (Å²) in [5, 5.41) is 9.46. The number of rotatable bonds is 3. The average Bonchev–Trinajstić information content (AvgIpc) is 2.88. The first-order valence-electron chi connectivity index (χ1n) is 6.65. The first-order chi connectivity index (χ1) is 9.77. The van der Waals surface area contributed by atoms with E-state index < -0.39 is 0 Å². The maximum Gasteiger partial charge on any atom is 0.295 e. The number of nitrogens with zero attached hydrogens (tertiary/aromatic N) is 4. The van der Waals surface area contributed by atoms with Gasteiger partial charge >= 0.3 is 0 Å². The van der Waals surface area contributed by atoms with Gasteiger partial charge in [-0.15, -0.1) is 5.10 Å². The van der Waals surface area contributed by atoms with Crippen LogP contribution in [-0.2, 0) is 5.41 Å². The summed E-state index contributed by atoms with van der Waals surface area (Å²) in [5.41, 5.74) is 0.424. The van der Waals surface area contributed by atoms with Crippen molar-refractivity contribution in [2.75, 3.05) is 24.3 Å². The molecule has 0 aliphatic carbocycles. The molecule has 0 saturated carbocycles. The lowest BCUT2D eigenvalue weighted by molar-refractivity contribution is 0.101. The van der Waals surface area contributed by atoms with Crippen LogP contribution < -0.4 is 10.2 Å². The normalized spacial score (nSPS) is 11.3. The molecule has 7 heteroatoms. The molecule has 2 rings (SSSR count). The van der Waals surface area contributed by atoms with Gasteiger partial charge in [0.15, 0.2) is 0 Å². The van der Waals surface area contributed by atoms with Crippen LogP contribution in [0.1, 0.15) is 37.2 Å². The molecule has 0 fully saturated rings. The highest BCUT2D eigenvalue weighted by atomic mass is 16.2. The zero-order valence-corrected chi connectivity index (χ0v) is 12.9. The molecule has 0 atom stereocenters. The smallest absolute Gasteiger partial charge is 0.295 e. The van der Waals surface area contributed by atoms with E-state index in [1.165, 1.54) is 0 Å². The standard InChI is InChI=1S/C14H20N6O/c1-14(2,3)13-17-11(18-19-13)12(21)16-9-6-7-10(15-8-9)20(4)5/h6-8H,1-5H3,(H,16,21)(H,17,18,19). The molecule has 0 spiro atoms. The van der Waals surface area contributed by atoms with Gasteiger partial charge in [0, 0.05) is 19.5 Å². The Morgan fingerprint density at radius 2 is 2.00 bits per heavy atom. The predicted molar refractivity (Wildman–Crippen MR) is 81.6 cm³/mol. The summed E-state index contributed by atoms with van der Waals surface area (Å²) >= 11 is 0. The summed E-state index contributed by atoms with van der Waals surface area (Å²) in [6.07, 6.45) is 1.60. The molecule has 2 aromatic heterocycles. The highest BCUT2D eigenvalue weighted by Crippen LogP contribution is 2.18. The van der Waals surface area contributed by atoms with Gasteiger partial charge in [-0.1, -0.05) is 20.8 Å². The van der Waals surface area contributed by atoms with Crippen LogP contribution in [-0.4, -0.2) is 40.2 Å². The van der Waals surface area contributed by atoms with Crippen LogP contribution in [0.4, 0.5) is 11.5 Å². The van der Waals surface area contributed by atoms with Gasteiger partial charge in [-0.05, 0) is 12.1 Å². The number of carbonyl (C=O) groups is 1. The quantitative estimate of drug-likeness (QED) is 0.899. The molecule has 21 heavy (non-hydrogen) atoms. The SMILES string of the molecule is CN(C)c1ccc(NC(=O)c2n[nH]c(C(C)(C)C)n2)cn1. The molecule has 0 unspecified atom stereocenters. The zero-order chi connectivity index (χ0) is 15.6. The summed E-state index contributed by atoms with van der Waals surface area (Å²) in [5.74, 6) is 1.26. The van der Waals surface area contributed by atoms with Gasteiger partial charge in [-0.3, -0.25) is 9.89 Å². The van der Waals surface area contributed by atoms with Crippen molar-refractivity contribution in [1.82, 2.24) is 20.2 Å². The van der Waals surface area contributed by atoms with E-state index >= 15 is 0 Å². The summed E-state index contributed by atoms with van der Waals surface area (Å²) in [6.45, 7) is 6.00. The predicted octanol–water partition coefficient (Wildman–Crippen LogP) is 1.82. The number of amides is 1. The Bertz CT molecular complexity index is 624. The van der Waals surface area contributed by atoms with E-state index in [4.69, 9.17) is 0 Å². The number of anilines is 2. The Morgan fingerprint density at radius 1 is 1.29 bits per heavy atom. The minimum atomic E-state index is -0.360. The third-order valence-electron chi connectivity index (χ3n) is 2.86. The fraction of sp³-hybridized carbons (Fsp3) is 0.429. The minimum absolute atomic E-state index is 0.122. The second-order valence-electron chi connectivity index (χ2n) is 6.01. The third kappa shape index (κ3) is 3.56. The number of carbonyl (C=O) groups excluding carboxylic acids is 1. The van der Waals surface area contributed by atoms with Crippen LogP contribution in [0.3, 0.4) is 0 Å². The van der Waals surface area contributed by atoms with Gasteiger partial charge in [0.2, 0.25) is 5.82 Å². The minimum Gasteiger partial charge on any atom is -0.363 e. The van der Waals surface area contributed by atoms with Gasteiger partial charge in [-0.2, -0.15) is 0 Å². The van der Waals surface area contributed by atoms with Crippen LogP contribution in [0.15, 0.2) is 18.3 Å². The Morgan fingerprint density at radius 3 is 2.48 bits per heavy atom. The third-order valence-corrected chi connectivity index (χ3v) is 2.86. The molecule has 112 valence electrons. The van der Waals surface area contributed by atoms with Crippen molar-refractivity contribution in [3.05, 3.63) is 30.0 Å². The second kappa shape index (κ2) is 5.51. The number of nitrogens with one attached hydrogen (secondary N) is 2. The molecule has 7 nitrogen and oxygen atoms in total. The molecular formula is C14H20N6O. The molecule has 0 saturated heterocycles. The Hall–Kier alpha value is -2.44. The van der Waals surface area contributed by atoms with Crippen molar-refractivity contribution >= 4 is 17.4 Å². The number of H-pyrrole nitrogens is 1. The number of aromatic amines is 1. The molecule has 1 amide bonds. The zero-order valence-electron chi connectivity index (χ0n) is 12.9. The molecule has 0 aliphatic heterocycles. The van der Waals surface area contributed by atoms with Gasteiger partial charge in [0.25, 0.3) is 5.91 Å². The van der Waals surface area contributed by atoms with E-state index in [-0.39, 0.29) is 17.1 Å². The van der Waals surface area contributed by atoms with E-state index in [1.54, 1.807) is 12.3 Å². The fourth-order valence-electron chi connectivity index (χ4n) is 1.61. The number of hydrogen-bond donors (Lipinski definition) is 2. The monoisotopic (exact) mass is 288 g/mol. The Balaban J connectivity index is 2.09. The summed E-state index contributed by atoms with van der Waals surface area (Å²) in [7, 11) is 3.81. The maximum absolute atomic E-state index is 12.1. The first-order valence-corrected chi connectivity index (χ1v) is 6.65. The number of pyridine rings is 1. The van der Waals surface area contributed by atoms with Gasteiger partial charge in [-0.25, -0.2) is 9.97 Å². The topological polar surface area (TPSA) is 86.8 Å². The van der Waals surface area contributed by atoms with Crippen LogP contribution in [0.25, 0.3) is 0 Å². The molecule has 0 radical (unpaired) electrons. The first kappa shape index (κ1) is 15.0. The van der Waals surface area contributed by atoms with E-state index in [0.29, 0.717) is 11.5 Å². The Labute approximate surface area is 123 Å². The molecule has 2 N–H and O–H groups in total. The van der Waals surface area contributed by atoms with Crippen LogP contribution in [0, 0.1) is 0 Å². The number of hydrogen-bond acceptors (Lipinski definition) is 5. The van der Waals surface area contributed by atoms with E-state index in [9.17, 15) is 4.79 Å². The van der Waals surface area contributed by atoms with Crippen LogP contribution in [0.2, 0.25) is 0 Å². The van der Waals surface area contributed by atoms with Crippen molar-refractivity contribution in [3.8, 4) is 0 Å². The lowest BCUT2D eigenvalue weighted by Gasteiger charge is -2.12. The molecule has 0 aliphatic rings. The highest BCUT2D eigenvalue weighted by molar-refractivity contribution is 6.01. The van der Waals surface area contributed by atoms with Crippen molar-refractivity contribution in [1.29, 1.82) is 0 Å². The van der Waals surface area contributed by atoms with Crippen LogP contribution in [0.5, 0.6) is 0 Å². The van der Waals surface area contributed by atoms with Gasteiger partial charge < -0.3 is 10.2 Å². The van der Waals surface area contributed by atoms with Crippen molar-refractivity contribution in [2.24, 2.45) is 0 Å². The van der Waals surface area contributed by atoms with Crippen molar-refractivity contribution in [2.45, 2.75) is 26.2 Å². The molecular weight excluding hydrogens is 268 g/mol. The van der Waals surface area contributed by atoms with E-state index in [2.05, 4.69) is 25.5 Å². The van der Waals surface area contributed by atoms with Crippen LogP contribution >= 0.6 is 0 Å². The fourth-order valence-corrected chi connectivity index (χ4v) is 1.61. The van der Waals surface area contributed by atoms with E-state index in [1.807, 2.05) is 45.8 Å². The molecule has 2 aromatic rings. The Kier molecular flexibility index (Phi) is 3.93. The second-order valence-corrected chi connectivity index (χ2v) is 6.01. The number of aromatic nitrogens is 4. The van der Waals surface area contributed by atoms with Crippen molar-refractivity contribution in [3.63, 3.8) is 0 Å². The highest BCUT2D eigenvalue weighted by Gasteiger charge is 2.21. The average molecular weight is 288 g/mol. The molecule has 2 heterocycles. The molecule has 0 bridgehead atoms. The lowest BCUT2D eigenvalue weighted by Crippen LogP contribution is -2.16. The molecule has 0 aromatic carbocycles. The van der Waals surface area contributed by atoms with Crippen molar-refractivity contribution < 1.29 is 4.79 Å². The van der Waals surface area contributed by atoms with Gasteiger partial charge in [0.05, 0.1) is 11.9 Å². The summed E-state index contributed by atoms with van der Waals surface area (Å²) < 4.78 is 0. The van der Waals surface area contributed by atoms with E-state index in [0.717, 1.165) is 5.82 Å². The maximum atomic E-state index is 12.1. The largest absolute Gasteiger partial charge is 0.363 e. The van der Waals surface area contributed by atoms with Gasteiger partial charge in [0.1, 0.15) is 11.6 Å². The summed E-state index contributed by atoms with van der Waals surface area (Å²) in [4.78, 5) is 22.4. The lowest BCUT2D eigenvalue weighted by atomic mass is 9.96.